The van der Waals surface area contributed by atoms with Crippen molar-refractivity contribution < 1.29 is 23.9 Å². The first-order valence-electron chi connectivity index (χ1n) is 9.20. The van der Waals surface area contributed by atoms with E-state index in [1.807, 2.05) is 12.1 Å². The molecule has 1 aromatic carbocycles. The van der Waals surface area contributed by atoms with E-state index in [4.69, 9.17) is 9.47 Å². The van der Waals surface area contributed by atoms with E-state index in [2.05, 4.69) is 0 Å². The van der Waals surface area contributed by atoms with E-state index < -0.39 is 0 Å². The predicted octanol–water partition coefficient (Wildman–Crippen LogP) is 1.68. The summed E-state index contributed by atoms with van der Waals surface area (Å²) in [6.07, 6.45) is 1.54. The SMILES string of the molecule is COc1ccc(CC(=O)N2CCCN(C(=O)CCC(C)=O)CC2)cc1OC. The number of ketones is 1. The van der Waals surface area contributed by atoms with E-state index in [-0.39, 0.29) is 36.9 Å². The zero-order chi connectivity index (χ0) is 19.8. The van der Waals surface area contributed by atoms with Gasteiger partial charge in [-0.05, 0) is 31.0 Å². The molecule has 1 heterocycles. The fraction of sp³-hybridized carbons (Fsp3) is 0.550. The molecule has 0 spiro atoms. The molecule has 0 bridgehead atoms. The normalized spacial score (nSPS) is 14.5. The average Bonchev–Trinajstić information content (AvgIpc) is 2.92. The third kappa shape index (κ3) is 5.98. The van der Waals surface area contributed by atoms with E-state index in [1.54, 1.807) is 30.1 Å². The topological polar surface area (TPSA) is 76.2 Å². The third-order valence-electron chi connectivity index (χ3n) is 4.70. The zero-order valence-electron chi connectivity index (χ0n) is 16.3. The van der Waals surface area contributed by atoms with E-state index in [1.165, 1.54) is 6.92 Å². The second-order valence-corrected chi connectivity index (χ2v) is 6.68. The summed E-state index contributed by atoms with van der Waals surface area (Å²) in [7, 11) is 3.14. The highest BCUT2D eigenvalue weighted by molar-refractivity contribution is 5.84. The molecule has 0 radical (unpaired) electrons. The molecule has 0 atom stereocenters. The second kappa shape index (κ2) is 9.94. The molecule has 148 valence electrons. The van der Waals surface area contributed by atoms with Crippen molar-refractivity contribution in [2.45, 2.75) is 32.6 Å². The van der Waals surface area contributed by atoms with Crippen LogP contribution in [0.5, 0.6) is 11.5 Å². The summed E-state index contributed by atoms with van der Waals surface area (Å²) < 4.78 is 10.5. The van der Waals surface area contributed by atoms with Crippen molar-refractivity contribution in [3.05, 3.63) is 23.8 Å². The minimum Gasteiger partial charge on any atom is -0.493 e. The van der Waals surface area contributed by atoms with Crippen LogP contribution >= 0.6 is 0 Å². The van der Waals surface area contributed by atoms with Crippen LogP contribution in [0.4, 0.5) is 0 Å². The lowest BCUT2D eigenvalue weighted by molar-refractivity contribution is -0.134. The number of methoxy groups -OCH3 is 2. The lowest BCUT2D eigenvalue weighted by atomic mass is 10.1. The Labute approximate surface area is 160 Å². The van der Waals surface area contributed by atoms with Gasteiger partial charge in [0.1, 0.15) is 5.78 Å². The van der Waals surface area contributed by atoms with Gasteiger partial charge >= 0.3 is 0 Å². The minimum atomic E-state index is -0.0145. The van der Waals surface area contributed by atoms with E-state index in [9.17, 15) is 14.4 Å². The average molecular weight is 376 g/mol. The van der Waals surface area contributed by atoms with Crippen LogP contribution in [0, 0.1) is 0 Å². The van der Waals surface area contributed by atoms with Crippen LogP contribution in [-0.2, 0) is 20.8 Å². The Morgan fingerprint density at radius 2 is 1.52 bits per heavy atom. The number of hydrogen-bond donors (Lipinski definition) is 0. The molecule has 7 nitrogen and oxygen atoms in total. The largest absolute Gasteiger partial charge is 0.493 e. The van der Waals surface area contributed by atoms with Gasteiger partial charge < -0.3 is 24.1 Å². The van der Waals surface area contributed by atoms with Crippen LogP contribution in [0.1, 0.15) is 31.7 Å². The van der Waals surface area contributed by atoms with Gasteiger partial charge in [0.15, 0.2) is 11.5 Å². The number of ether oxygens (including phenoxy) is 2. The first-order valence-corrected chi connectivity index (χ1v) is 9.20. The minimum absolute atomic E-state index is 0.0145. The van der Waals surface area contributed by atoms with Crippen molar-refractivity contribution in [1.29, 1.82) is 0 Å². The number of Topliss-reactive ketones (excluding diaryl/α,β-unsaturated/α-hetero) is 1. The zero-order valence-corrected chi connectivity index (χ0v) is 16.3. The molecule has 0 N–H and O–H groups in total. The van der Waals surface area contributed by atoms with E-state index in [0.717, 1.165) is 12.0 Å². The maximum absolute atomic E-state index is 12.7. The highest BCUT2D eigenvalue weighted by Crippen LogP contribution is 2.27. The van der Waals surface area contributed by atoms with Gasteiger partial charge in [-0.2, -0.15) is 0 Å². The molecule has 0 saturated carbocycles. The lowest BCUT2D eigenvalue weighted by Crippen LogP contribution is -2.38. The van der Waals surface area contributed by atoms with Crippen molar-refractivity contribution in [2.75, 3.05) is 40.4 Å². The predicted molar refractivity (Wildman–Crippen MR) is 101 cm³/mol. The molecular formula is C20H28N2O5. The number of carbonyl (C=O) groups excluding carboxylic acids is 3. The Kier molecular flexibility index (Phi) is 7.64. The summed E-state index contributed by atoms with van der Waals surface area (Å²) in [5, 5.41) is 0. The van der Waals surface area contributed by atoms with Crippen molar-refractivity contribution in [2.24, 2.45) is 0 Å². The molecule has 2 amide bonds. The summed E-state index contributed by atoms with van der Waals surface area (Å²) in [6.45, 7) is 3.76. The fourth-order valence-electron chi connectivity index (χ4n) is 3.13. The maximum atomic E-state index is 12.7. The molecule has 7 heteroatoms. The summed E-state index contributed by atoms with van der Waals surface area (Å²) >= 11 is 0. The van der Waals surface area contributed by atoms with Crippen LogP contribution in [0.2, 0.25) is 0 Å². The maximum Gasteiger partial charge on any atom is 0.227 e. The smallest absolute Gasteiger partial charge is 0.227 e. The summed E-state index contributed by atoms with van der Waals surface area (Å²) in [5.41, 5.74) is 0.858. The Morgan fingerprint density at radius 3 is 2.11 bits per heavy atom. The molecule has 1 aromatic rings. The van der Waals surface area contributed by atoms with Gasteiger partial charge in [0.25, 0.3) is 0 Å². The van der Waals surface area contributed by atoms with Gasteiger partial charge in [-0.3, -0.25) is 9.59 Å². The van der Waals surface area contributed by atoms with Crippen molar-refractivity contribution in [1.82, 2.24) is 9.80 Å². The third-order valence-corrected chi connectivity index (χ3v) is 4.70. The van der Waals surface area contributed by atoms with Crippen molar-refractivity contribution in [3.8, 4) is 11.5 Å². The lowest BCUT2D eigenvalue weighted by Gasteiger charge is -2.22. The van der Waals surface area contributed by atoms with Crippen LogP contribution in [0.25, 0.3) is 0 Å². The summed E-state index contributed by atoms with van der Waals surface area (Å²) in [4.78, 5) is 39.5. The molecule has 0 aliphatic carbocycles. The molecule has 0 unspecified atom stereocenters. The standard InChI is InChI=1S/C20H28N2O5/c1-15(23)5-8-19(24)21-9-4-10-22(12-11-21)20(25)14-16-6-7-17(26-2)18(13-16)27-3/h6-7,13H,4-5,8-12,14H2,1-3H3. The number of amides is 2. The monoisotopic (exact) mass is 376 g/mol. The van der Waals surface area contributed by atoms with Gasteiger partial charge in [0, 0.05) is 39.0 Å². The fourth-order valence-corrected chi connectivity index (χ4v) is 3.13. The quantitative estimate of drug-likeness (QED) is 0.724. The first-order chi connectivity index (χ1) is 12.9. The van der Waals surface area contributed by atoms with Crippen LogP contribution in [-0.4, -0.2) is 67.8 Å². The van der Waals surface area contributed by atoms with E-state index in [0.29, 0.717) is 37.7 Å². The number of nitrogens with zero attached hydrogens (tertiary/aromatic N) is 2. The molecule has 0 aromatic heterocycles. The summed E-state index contributed by atoms with van der Waals surface area (Å²) in [6, 6.07) is 5.46. The van der Waals surface area contributed by atoms with Crippen molar-refractivity contribution >= 4 is 17.6 Å². The first kappa shape index (κ1) is 20.7. The van der Waals surface area contributed by atoms with Gasteiger partial charge in [0.05, 0.1) is 20.6 Å². The highest BCUT2D eigenvalue weighted by Gasteiger charge is 2.22. The van der Waals surface area contributed by atoms with E-state index >= 15 is 0 Å². The molecule has 27 heavy (non-hydrogen) atoms. The molecule has 2 rings (SSSR count). The van der Waals surface area contributed by atoms with Crippen molar-refractivity contribution in [3.63, 3.8) is 0 Å². The number of hydrogen-bond acceptors (Lipinski definition) is 5. The van der Waals surface area contributed by atoms with Gasteiger partial charge in [-0.15, -0.1) is 0 Å². The Bertz CT molecular complexity index is 689. The molecule has 1 aliphatic heterocycles. The Balaban J connectivity index is 1.92. The van der Waals surface area contributed by atoms with Crippen LogP contribution in [0.15, 0.2) is 18.2 Å². The number of carbonyl (C=O) groups is 3. The summed E-state index contributed by atoms with van der Waals surface area (Å²) in [5.74, 6) is 1.26. The Morgan fingerprint density at radius 1 is 0.889 bits per heavy atom. The van der Waals surface area contributed by atoms with Crippen LogP contribution in [0.3, 0.4) is 0 Å². The molecule has 1 fully saturated rings. The molecule has 1 aliphatic rings. The highest BCUT2D eigenvalue weighted by atomic mass is 16.5. The number of rotatable bonds is 7. The molecular weight excluding hydrogens is 348 g/mol. The van der Waals surface area contributed by atoms with Gasteiger partial charge in [0.2, 0.25) is 11.8 Å². The Hall–Kier alpha value is -2.57. The number of benzene rings is 1. The molecule has 1 saturated heterocycles. The second-order valence-electron chi connectivity index (χ2n) is 6.68. The van der Waals surface area contributed by atoms with Gasteiger partial charge in [-0.1, -0.05) is 6.07 Å². The van der Waals surface area contributed by atoms with Gasteiger partial charge in [-0.25, -0.2) is 0 Å². The van der Waals surface area contributed by atoms with Crippen LogP contribution < -0.4 is 9.47 Å².